The van der Waals surface area contributed by atoms with Gasteiger partial charge in [-0.2, -0.15) is 0 Å². The van der Waals surface area contributed by atoms with Gasteiger partial charge in [0.15, 0.2) is 0 Å². The molecule has 0 aliphatic carbocycles. The lowest BCUT2D eigenvalue weighted by molar-refractivity contribution is -0.140. The molecule has 1 aromatic carbocycles. The lowest BCUT2D eigenvalue weighted by Crippen LogP contribution is -2.33. The van der Waals surface area contributed by atoms with Gasteiger partial charge in [0.25, 0.3) is 5.91 Å². The van der Waals surface area contributed by atoms with Crippen molar-refractivity contribution < 1.29 is 18.7 Å². The van der Waals surface area contributed by atoms with Crippen molar-refractivity contribution >= 4 is 11.9 Å². The van der Waals surface area contributed by atoms with Gasteiger partial charge in [0, 0.05) is 18.7 Å². The standard InChI is InChI=1S/C14H16FNO3/c1-3-8-16(9-7-13(17)19-2)14(18)11-5-4-6-12(15)10-11/h3-6,10H,1,7-9H2,2H3. The van der Waals surface area contributed by atoms with Crippen LogP contribution in [0.4, 0.5) is 4.39 Å². The molecule has 0 bridgehead atoms. The van der Waals surface area contributed by atoms with E-state index in [4.69, 9.17) is 0 Å². The molecule has 102 valence electrons. The normalized spacial score (nSPS) is 9.79. The zero-order chi connectivity index (χ0) is 14.3. The minimum absolute atomic E-state index is 0.0887. The number of carbonyl (C=O) groups is 2. The summed E-state index contributed by atoms with van der Waals surface area (Å²) in [6, 6.07) is 5.42. The van der Waals surface area contributed by atoms with Crippen molar-refractivity contribution in [3.63, 3.8) is 0 Å². The lowest BCUT2D eigenvalue weighted by Gasteiger charge is -2.20. The van der Waals surface area contributed by atoms with Gasteiger partial charge in [-0.05, 0) is 18.2 Å². The third-order valence-corrected chi connectivity index (χ3v) is 2.52. The van der Waals surface area contributed by atoms with Gasteiger partial charge in [-0.3, -0.25) is 9.59 Å². The van der Waals surface area contributed by atoms with Crippen molar-refractivity contribution in [2.24, 2.45) is 0 Å². The number of benzene rings is 1. The maximum Gasteiger partial charge on any atom is 0.307 e. The Hall–Kier alpha value is -2.17. The molecule has 4 nitrogen and oxygen atoms in total. The monoisotopic (exact) mass is 265 g/mol. The Bertz CT molecular complexity index is 474. The number of methoxy groups -OCH3 is 1. The number of esters is 1. The molecule has 5 heteroatoms. The first-order valence-electron chi connectivity index (χ1n) is 5.81. The van der Waals surface area contributed by atoms with Crippen molar-refractivity contribution in [1.82, 2.24) is 4.90 Å². The second-order valence-corrected chi connectivity index (χ2v) is 3.88. The Morgan fingerprint density at radius 1 is 1.47 bits per heavy atom. The molecular formula is C14H16FNO3. The molecule has 0 spiro atoms. The molecule has 0 aliphatic rings. The molecular weight excluding hydrogens is 249 g/mol. The lowest BCUT2D eigenvalue weighted by atomic mass is 10.2. The molecule has 0 radical (unpaired) electrons. The topological polar surface area (TPSA) is 46.6 Å². The van der Waals surface area contributed by atoms with Crippen LogP contribution in [0.5, 0.6) is 0 Å². The fourth-order valence-corrected chi connectivity index (χ4v) is 1.56. The first-order valence-corrected chi connectivity index (χ1v) is 5.81. The van der Waals surface area contributed by atoms with E-state index < -0.39 is 11.8 Å². The zero-order valence-electron chi connectivity index (χ0n) is 10.8. The van der Waals surface area contributed by atoms with Gasteiger partial charge in [-0.15, -0.1) is 6.58 Å². The largest absolute Gasteiger partial charge is 0.469 e. The van der Waals surface area contributed by atoms with Gasteiger partial charge >= 0.3 is 5.97 Å². The molecule has 1 amide bonds. The number of hydrogen-bond acceptors (Lipinski definition) is 3. The van der Waals surface area contributed by atoms with E-state index in [-0.39, 0.29) is 31.0 Å². The minimum Gasteiger partial charge on any atom is -0.469 e. The average molecular weight is 265 g/mol. The minimum atomic E-state index is -0.475. The zero-order valence-corrected chi connectivity index (χ0v) is 10.8. The van der Waals surface area contributed by atoms with Crippen LogP contribution in [0.2, 0.25) is 0 Å². The number of hydrogen-bond donors (Lipinski definition) is 0. The van der Waals surface area contributed by atoms with E-state index in [0.29, 0.717) is 0 Å². The number of nitrogens with zero attached hydrogens (tertiary/aromatic N) is 1. The summed E-state index contributed by atoms with van der Waals surface area (Å²) in [6.45, 7) is 4.04. The van der Waals surface area contributed by atoms with Crippen molar-refractivity contribution in [3.05, 3.63) is 48.3 Å². The number of halogens is 1. The van der Waals surface area contributed by atoms with Crippen LogP contribution in [-0.2, 0) is 9.53 Å². The van der Waals surface area contributed by atoms with Crippen LogP contribution in [-0.4, -0.2) is 37.0 Å². The number of ether oxygens (including phenoxy) is 1. The average Bonchev–Trinajstić information content (AvgIpc) is 2.42. The molecule has 0 saturated heterocycles. The quantitative estimate of drug-likeness (QED) is 0.584. The SMILES string of the molecule is C=CCN(CCC(=O)OC)C(=O)c1cccc(F)c1. The van der Waals surface area contributed by atoms with E-state index >= 15 is 0 Å². The van der Waals surface area contributed by atoms with E-state index in [2.05, 4.69) is 11.3 Å². The van der Waals surface area contributed by atoms with Crippen LogP contribution >= 0.6 is 0 Å². The Labute approximate surface area is 111 Å². The van der Waals surface area contributed by atoms with Gasteiger partial charge < -0.3 is 9.64 Å². The first-order chi connectivity index (χ1) is 9.08. The molecule has 19 heavy (non-hydrogen) atoms. The molecule has 0 atom stereocenters. The van der Waals surface area contributed by atoms with Crippen molar-refractivity contribution in [3.8, 4) is 0 Å². The van der Waals surface area contributed by atoms with Crippen LogP contribution < -0.4 is 0 Å². The Morgan fingerprint density at radius 2 is 2.21 bits per heavy atom. The summed E-state index contributed by atoms with van der Waals surface area (Å²) < 4.78 is 17.6. The predicted molar refractivity (Wildman–Crippen MR) is 69.1 cm³/mol. The highest BCUT2D eigenvalue weighted by atomic mass is 19.1. The molecule has 0 unspecified atom stereocenters. The molecule has 1 aromatic rings. The van der Waals surface area contributed by atoms with Crippen LogP contribution in [0.1, 0.15) is 16.8 Å². The highest BCUT2D eigenvalue weighted by Crippen LogP contribution is 2.08. The Balaban J connectivity index is 2.77. The van der Waals surface area contributed by atoms with Crippen molar-refractivity contribution in [2.45, 2.75) is 6.42 Å². The van der Waals surface area contributed by atoms with Crippen LogP contribution in [0, 0.1) is 5.82 Å². The second kappa shape index (κ2) is 7.31. The van der Waals surface area contributed by atoms with Crippen LogP contribution in [0.3, 0.4) is 0 Å². The summed E-state index contributed by atoms with van der Waals surface area (Å²) >= 11 is 0. The van der Waals surface area contributed by atoms with E-state index in [1.54, 1.807) is 6.08 Å². The summed E-state index contributed by atoms with van der Waals surface area (Å²) in [4.78, 5) is 24.7. The highest BCUT2D eigenvalue weighted by Gasteiger charge is 2.16. The Morgan fingerprint density at radius 3 is 2.79 bits per heavy atom. The van der Waals surface area contributed by atoms with Crippen molar-refractivity contribution in [2.75, 3.05) is 20.2 Å². The summed E-state index contributed by atoms with van der Waals surface area (Å²) in [5.74, 6) is -1.22. The van der Waals surface area contributed by atoms with Crippen molar-refractivity contribution in [1.29, 1.82) is 0 Å². The molecule has 1 rings (SSSR count). The fourth-order valence-electron chi connectivity index (χ4n) is 1.56. The molecule has 0 saturated carbocycles. The number of amides is 1. The molecule has 0 aliphatic heterocycles. The van der Waals surface area contributed by atoms with Crippen LogP contribution in [0.15, 0.2) is 36.9 Å². The van der Waals surface area contributed by atoms with Crippen LogP contribution in [0.25, 0.3) is 0 Å². The summed E-state index contributed by atoms with van der Waals surface area (Å²) in [7, 11) is 1.29. The van der Waals surface area contributed by atoms with Gasteiger partial charge in [0.1, 0.15) is 5.82 Å². The highest BCUT2D eigenvalue weighted by molar-refractivity contribution is 5.94. The predicted octanol–water partition coefficient (Wildman–Crippen LogP) is 2.02. The summed E-state index contributed by atoms with van der Waals surface area (Å²) in [5, 5.41) is 0. The van der Waals surface area contributed by atoms with Gasteiger partial charge in [0.05, 0.1) is 13.5 Å². The summed E-state index contributed by atoms with van der Waals surface area (Å²) in [5.41, 5.74) is 0.242. The fraction of sp³-hybridized carbons (Fsp3) is 0.286. The molecule has 0 fully saturated rings. The summed E-state index contributed by atoms with van der Waals surface area (Å²) in [6.07, 6.45) is 1.64. The maximum absolute atomic E-state index is 13.1. The smallest absolute Gasteiger partial charge is 0.307 e. The van der Waals surface area contributed by atoms with Gasteiger partial charge in [-0.1, -0.05) is 12.1 Å². The van der Waals surface area contributed by atoms with E-state index in [1.807, 2.05) is 0 Å². The number of rotatable bonds is 6. The Kier molecular flexibility index (Phi) is 5.73. The maximum atomic E-state index is 13.1. The molecule has 0 aromatic heterocycles. The molecule has 0 heterocycles. The van der Waals surface area contributed by atoms with E-state index in [0.717, 1.165) is 6.07 Å². The van der Waals surface area contributed by atoms with Gasteiger partial charge in [-0.25, -0.2) is 4.39 Å². The number of carbonyl (C=O) groups excluding carboxylic acids is 2. The van der Waals surface area contributed by atoms with Gasteiger partial charge in [0.2, 0.25) is 0 Å². The van der Waals surface area contributed by atoms with E-state index in [1.165, 1.54) is 30.2 Å². The molecule has 0 N–H and O–H groups in total. The third-order valence-electron chi connectivity index (χ3n) is 2.52. The second-order valence-electron chi connectivity index (χ2n) is 3.88. The first kappa shape index (κ1) is 14.9. The van der Waals surface area contributed by atoms with E-state index in [9.17, 15) is 14.0 Å². The third kappa shape index (κ3) is 4.54.